The predicted molar refractivity (Wildman–Crippen MR) is 70.1 cm³/mol. The van der Waals surface area contributed by atoms with Crippen molar-refractivity contribution < 1.29 is 4.79 Å². The highest BCUT2D eigenvalue weighted by Gasteiger charge is 2.20. The molecule has 106 valence electrons. The van der Waals surface area contributed by atoms with Crippen LogP contribution in [0.2, 0.25) is 0 Å². The molecular formula is C12H22N6O. The molecule has 1 saturated heterocycles. The Bertz CT molecular complexity index is 372. The summed E-state index contributed by atoms with van der Waals surface area (Å²) in [5.41, 5.74) is 0. The molecule has 0 spiro atoms. The molecule has 0 unspecified atom stereocenters. The van der Waals surface area contributed by atoms with Gasteiger partial charge in [-0.15, -0.1) is 10.2 Å². The van der Waals surface area contributed by atoms with Gasteiger partial charge in [-0.3, -0.25) is 4.79 Å². The van der Waals surface area contributed by atoms with Crippen molar-refractivity contribution in [1.29, 1.82) is 0 Å². The predicted octanol–water partition coefficient (Wildman–Crippen LogP) is 0.328. The van der Waals surface area contributed by atoms with Gasteiger partial charge in [0.2, 0.25) is 5.91 Å². The molecule has 0 radical (unpaired) electrons. The fourth-order valence-corrected chi connectivity index (χ4v) is 2.50. The normalized spacial score (nSPS) is 17.5. The molecule has 7 heteroatoms. The SMILES string of the molecule is CCCN1CCC(CC(=O)NCc2nn[nH]n2)CC1. The van der Waals surface area contributed by atoms with Gasteiger partial charge in [0.25, 0.3) is 0 Å². The average molecular weight is 266 g/mol. The lowest BCUT2D eigenvalue weighted by atomic mass is 9.93. The Hall–Kier alpha value is -1.50. The number of nitrogens with one attached hydrogen (secondary N) is 2. The smallest absolute Gasteiger partial charge is 0.220 e. The van der Waals surface area contributed by atoms with Gasteiger partial charge in [-0.05, 0) is 44.8 Å². The van der Waals surface area contributed by atoms with Crippen molar-refractivity contribution in [3.8, 4) is 0 Å². The van der Waals surface area contributed by atoms with Crippen LogP contribution < -0.4 is 5.32 Å². The van der Waals surface area contributed by atoms with Crippen LogP contribution in [0.25, 0.3) is 0 Å². The average Bonchev–Trinajstić information content (AvgIpc) is 2.92. The summed E-state index contributed by atoms with van der Waals surface area (Å²) in [5.74, 6) is 1.11. The van der Waals surface area contributed by atoms with Crippen molar-refractivity contribution in [1.82, 2.24) is 30.8 Å². The molecular weight excluding hydrogens is 244 g/mol. The summed E-state index contributed by atoms with van der Waals surface area (Å²) < 4.78 is 0. The first-order valence-electron chi connectivity index (χ1n) is 6.99. The number of amides is 1. The van der Waals surface area contributed by atoms with Crippen molar-refractivity contribution in [2.24, 2.45) is 5.92 Å². The van der Waals surface area contributed by atoms with E-state index in [1.165, 1.54) is 13.0 Å². The van der Waals surface area contributed by atoms with Crippen LogP contribution in [0.1, 0.15) is 38.4 Å². The van der Waals surface area contributed by atoms with Gasteiger partial charge in [-0.1, -0.05) is 12.1 Å². The molecule has 1 aromatic rings. The van der Waals surface area contributed by atoms with Crippen molar-refractivity contribution in [2.75, 3.05) is 19.6 Å². The molecule has 19 heavy (non-hydrogen) atoms. The summed E-state index contributed by atoms with van der Waals surface area (Å²) in [6.45, 7) is 5.98. The zero-order chi connectivity index (χ0) is 13.5. The van der Waals surface area contributed by atoms with Crippen molar-refractivity contribution in [3.63, 3.8) is 0 Å². The number of rotatable bonds is 6. The second-order valence-corrected chi connectivity index (χ2v) is 5.09. The molecule has 0 bridgehead atoms. The maximum atomic E-state index is 11.8. The van der Waals surface area contributed by atoms with E-state index in [1.54, 1.807) is 0 Å². The molecule has 1 aromatic heterocycles. The van der Waals surface area contributed by atoms with Crippen molar-refractivity contribution >= 4 is 5.91 Å². The van der Waals surface area contributed by atoms with E-state index in [4.69, 9.17) is 0 Å². The van der Waals surface area contributed by atoms with Gasteiger partial charge >= 0.3 is 0 Å². The minimum Gasteiger partial charge on any atom is -0.349 e. The fraction of sp³-hybridized carbons (Fsp3) is 0.833. The third-order valence-corrected chi connectivity index (χ3v) is 3.55. The molecule has 1 amide bonds. The highest BCUT2D eigenvalue weighted by Crippen LogP contribution is 2.20. The number of nitrogens with zero attached hydrogens (tertiary/aromatic N) is 4. The molecule has 7 nitrogen and oxygen atoms in total. The maximum absolute atomic E-state index is 11.8. The van der Waals surface area contributed by atoms with Gasteiger partial charge in [0, 0.05) is 6.42 Å². The van der Waals surface area contributed by atoms with Crippen LogP contribution >= 0.6 is 0 Å². The molecule has 2 rings (SSSR count). The van der Waals surface area contributed by atoms with E-state index in [0.717, 1.165) is 25.9 Å². The van der Waals surface area contributed by atoms with Crippen molar-refractivity contribution in [2.45, 2.75) is 39.2 Å². The zero-order valence-electron chi connectivity index (χ0n) is 11.4. The third kappa shape index (κ3) is 4.59. The Morgan fingerprint density at radius 1 is 1.47 bits per heavy atom. The summed E-state index contributed by atoms with van der Waals surface area (Å²) in [6.07, 6.45) is 4.05. The first-order valence-corrected chi connectivity index (χ1v) is 6.99. The van der Waals surface area contributed by atoms with Gasteiger partial charge in [0.15, 0.2) is 5.82 Å². The lowest BCUT2D eigenvalue weighted by Gasteiger charge is -2.31. The Morgan fingerprint density at radius 2 is 2.26 bits per heavy atom. The third-order valence-electron chi connectivity index (χ3n) is 3.55. The van der Waals surface area contributed by atoms with Crippen LogP contribution in [0.4, 0.5) is 0 Å². The number of H-pyrrole nitrogens is 1. The molecule has 0 atom stereocenters. The molecule has 0 aromatic carbocycles. The van der Waals surface area contributed by atoms with Crippen LogP contribution in [0, 0.1) is 5.92 Å². The second kappa shape index (κ2) is 7.18. The van der Waals surface area contributed by atoms with E-state index in [0.29, 0.717) is 24.7 Å². The number of hydrogen-bond donors (Lipinski definition) is 2. The largest absolute Gasteiger partial charge is 0.349 e. The summed E-state index contributed by atoms with van der Waals surface area (Å²) in [5, 5.41) is 16.2. The Morgan fingerprint density at radius 3 is 2.89 bits per heavy atom. The van der Waals surface area contributed by atoms with Crippen LogP contribution in [0.5, 0.6) is 0 Å². The van der Waals surface area contributed by atoms with E-state index in [1.807, 2.05) is 0 Å². The minimum atomic E-state index is 0.0822. The van der Waals surface area contributed by atoms with Crippen LogP contribution in [0.15, 0.2) is 0 Å². The number of tetrazole rings is 1. The number of aromatic amines is 1. The van der Waals surface area contributed by atoms with Gasteiger partial charge in [-0.25, -0.2) is 0 Å². The Balaban J connectivity index is 1.63. The van der Waals surface area contributed by atoms with E-state index < -0.39 is 0 Å². The Kier molecular flexibility index (Phi) is 5.26. The summed E-state index contributed by atoms with van der Waals surface area (Å²) >= 11 is 0. The van der Waals surface area contributed by atoms with Gasteiger partial charge in [0.1, 0.15) is 0 Å². The standard InChI is InChI=1S/C12H22N6O/c1-2-5-18-6-3-10(4-7-18)8-12(19)13-9-11-14-16-17-15-11/h10H,2-9H2,1H3,(H,13,19)(H,14,15,16,17). The monoisotopic (exact) mass is 266 g/mol. The van der Waals surface area contributed by atoms with Gasteiger partial charge in [-0.2, -0.15) is 5.21 Å². The molecule has 1 aliphatic rings. The highest BCUT2D eigenvalue weighted by atomic mass is 16.1. The number of piperidine rings is 1. The number of carbonyl (C=O) groups is 1. The number of carbonyl (C=O) groups excluding carboxylic acids is 1. The first-order chi connectivity index (χ1) is 9.28. The first kappa shape index (κ1) is 13.9. The minimum absolute atomic E-state index is 0.0822. The molecule has 0 aliphatic carbocycles. The second-order valence-electron chi connectivity index (χ2n) is 5.09. The topological polar surface area (TPSA) is 86.8 Å². The van der Waals surface area contributed by atoms with E-state index in [-0.39, 0.29) is 5.91 Å². The van der Waals surface area contributed by atoms with Crippen molar-refractivity contribution in [3.05, 3.63) is 5.82 Å². The summed E-state index contributed by atoms with van der Waals surface area (Å²) in [7, 11) is 0. The number of likely N-dealkylation sites (tertiary alicyclic amines) is 1. The summed E-state index contributed by atoms with van der Waals surface area (Å²) in [4.78, 5) is 14.3. The zero-order valence-corrected chi connectivity index (χ0v) is 11.4. The van der Waals surface area contributed by atoms with Crippen LogP contribution in [-0.2, 0) is 11.3 Å². The quantitative estimate of drug-likeness (QED) is 0.774. The van der Waals surface area contributed by atoms with Crippen LogP contribution in [0.3, 0.4) is 0 Å². The van der Waals surface area contributed by atoms with Gasteiger partial charge in [0.05, 0.1) is 6.54 Å². The van der Waals surface area contributed by atoms with E-state index in [2.05, 4.69) is 37.8 Å². The van der Waals surface area contributed by atoms with Gasteiger partial charge < -0.3 is 10.2 Å². The maximum Gasteiger partial charge on any atom is 0.220 e. The highest BCUT2D eigenvalue weighted by molar-refractivity contribution is 5.76. The molecule has 2 heterocycles. The number of aromatic nitrogens is 4. The Labute approximate surface area is 113 Å². The lowest BCUT2D eigenvalue weighted by molar-refractivity contribution is -0.122. The number of hydrogen-bond acceptors (Lipinski definition) is 5. The lowest BCUT2D eigenvalue weighted by Crippen LogP contribution is -2.36. The van der Waals surface area contributed by atoms with Crippen LogP contribution in [-0.4, -0.2) is 51.1 Å². The van der Waals surface area contributed by atoms with E-state index in [9.17, 15) is 4.79 Å². The fourth-order valence-electron chi connectivity index (χ4n) is 2.50. The molecule has 0 saturated carbocycles. The van der Waals surface area contributed by atoms with E-state index >= 15 is 0 Å². The summed E-state index contributed by atoms with van der Waals surface area (Å²) in [6, 6.07) is 0. The molecule has 1 fully saturated rings. The molecule has 2 N–H and O–H groups in total. The molecule has 1 aliphatic heterocycles.